The van der Waals surface area contributed by atoms with Gasteiger partial charge >= 0.3 is 0 Å². The van der Waals surface area contributed by atoms with E-state index in [1.165, 1.54) is 4.90 Å². The molecule has 3 rings (SSSR count). The van der Waals surface area contributed by atoms with E-state index in [0.29, 0.717) is 12.5 Å². The second-order valence-corrected chi connectivity index (χ2v) is 7.09. The third kappa shape index (κ3) is 2.38. The summed E-state index contributed by atoms with van der Waals surface area (Å²) in [6.45, 7) is 2.57. The molecule has 0 radical (unpaired) electrons. The predicted octanol–water partition coefficient (Wildman–Crippen LogP) is 3.21. The first-order valence-electron chi connectivity index (χ1n) is 7.19. The molecule has 3 nitrogen and oxygen atoms in total. The molecule has 0 bridgehead atoms. The molecule has 106 valence electrons. The van der Waals surface area contributed by atoms with Gasteiger partial charge in [0.2, 0.25) is 11.8 Å². The van der Waals surface area contributed by atoms with Gasteiger partial charge in [-0.05, 0) is 59.0 Å². The molecule has 0 aromatic heterocycles. The first-order chi connectivity index (χ1) is 9.60. The second-order valence-electron chi connectivity index (χ2n) is 5.85. The van der Waals surface area contributed by atoms with Gasteiger partial charge in [0.1, 0.15) is 0 Å². The maximum Gasteiger partial charge on any atom is 0.233 e. The maximum atomic E-state index is 12.4. The van der Waals surface area contributed by atoms with E-state index in [9.17, 15) is 9.59 Å². The van der Waals surface area contributed by atoms with Crippen molar-refractivity contribution < 1.29 is 9.59 Å². The lowest BCUT2D eigenvalue weighted by molar-refractivity contribution is -0.141. The van der Waals surface area contributed by atoms with E-state index in [1.807, 2.05) is 24.3 Å². The summed E-state index contributed by atoms with van der Waals surface area (Å²) in [6.07, 6.45) is 2.87. The molecule has 2 amide bonds. The second kappa shape index (κ2) is 5.47. The first-order valence-corrected chi connectivity index (χ1v) is 8.27. The average molecular weight is 383 g/mol. The molecule has 4 heteroatoms. The number of likely N-dealkylation sites (tertiary alicyclic amines) is 1. The minimum Gasteiger partial charge on any atom is -0.278 e. The van der Waals surface area contributed by atoms with Gasteiger partial charge in [0.25, 0.3) is 0 Å². The van der Waals surface area contributed by atoms with Crippen LogP contribution in [0.5, 0.6) is 0 Å². The van der Waals surface area contributed by atoms with E-state index in [2.05, 4.69) is 29.5 Å². The van der Waals surface area contributed by atoms with Gasteiger partial charge in [-0.3, -0.25) is 14.5 Å². The molecule has 1 aromatic rings. The minimum atomic E-state index is -0.0451. The number of benzene rings is 1. The fourth-order valence-electron chi connectivity index (χ4n) is 3.46. The molecule has 2 aliphatic rings. The van der Waals surface area contributed by atoms with E-state index in [0.717, 1.165) is 28.4 Å². The number of fused-ring (bicyclic) bond motifs is 1. The highest BCUT2D eigenvalue weighted by atomic mass is 127. The molecular formula is C16H18INO2. The Kier molecular flexibility index (Phi) is 3.84. The number of imide groups is 1. The normalized spacial score (nSPS) is 29.1. The van der Waals surface area contributed by atoms with Crippen LogP contribution in [-0.2, 0) is 16.1 Å². The van der Waals surface area contributed by atoms with Crippen molar-refractivity contribution in [3.8, 4) is 0 Å². The summed E-state index contributed by atoms with van der Waals surface area (Å²) < 4.78 is 1.16. The quantitative estimate of drug-likeness (QED) is 0.594. The summed E-state index contributed by atoms with van der Waals surface area (Å²) in [5.41, 5.74) is 1.03. The summed E-state index contributed by atoms with van der Waals surface area (Å²) in [5, 5.41) is 0. The lowest BCUT2D eigenvalue weighted by atomic mass is 10.00. The third-order valence-corrected chi connectivity index (χ3v) is 5.38. The number of rotatable bonds is 3. The summed E-state index contributed by atoms with van der Waals surface area (Å²) >= 11 is 2.25. The minimum absolute atomic E-state index is 0.0451. The van der Waals surface area contributed by atoms with Gasteiger partial charge in [-0.1, -0.05) is 25.5 Å². The lowest BCUT2D eigenvalue weighted by Crippen LogP contribution is -2.31. The first kappa shape index (κ1) is 14.0. The molecule has 2 unspecified atom stereocenters. The highest BCUT2D eigenvalue weighted by Crippen LogP contribution is 2.44. The Morgan fingerprint density at radius 2 is 1.65 bits per heavy atom. The highest BCUT2D eigenvalue weighted by Gasteiger charge is 2.51. The largest absolute Gasteiger partial charge is 0.278 e. The smallest absolute Gasteiger partial charge is 0.233 e. The van der Waals surface area contributed by atoms with Crippen molar-refractivity contribution in [1.82, 2.24) is 4.90 Å². The Balaban J connectivity index is 1.75. The zero-order valence-electron chi connectivity index (χ0n) is 11.5. The van der Waals surface area contributed by atoms with Crippen LogP contribution in [0.25, 0.3) is 0 Å². The zero-order valence-corrected chi connectivity index (χ0v) is 13.7. The van der Waals surface area contributed by atoms with Gasteiger partial charge in [0.15, 0.2) is 0 Å². The van der Waals surface area contributed by atoms with Gasteiger partial charge < -0.3 is 0 Å². The molecule has 1 aliphatic heterocycles. The number of nitrogens with zero attached hydrogens (tertiary/aromatic N) is 1. The van der Waals surface area contributed by atoms with Crippen LogP contribution < -0.4 is 0 Å². The molecule has 1 saturated carbocycles. The fourth-order valence-corrected chi connectivity index (χ4v) is 3.82. The molecule has 1 aliphatic carbocycles. The van der Waals surface area contributed by atoms with Crippen molar-refractivity contribution in [3.63, 3.8) is 0 Å². The Morgan fingerprint density at radius 1 is 1.10 bits per heavy atom. The van der Waals surface area contributed by atoms with Crippen molar-refractivity contribution in [3.05, 3.63) is 33.4 Å². The van der Waals surface area contributed by atoms with Crippen molar-refractivity contribution in [2.45, 2.75) is 32.7 Å². The van der Waals surface area contributed by atoms with E-state index in [1.54, 1.807) is 0 Å². The number of hydrogen-bond donors (Lipinski definition) is 0. The molecule has 20 heavy (non-hydrogen) atoms. The molecular weight excluding hydrogens is 365 g/mol. The van der Waals surface area contributed by atoms with Crippen LogP contribution in [-0.4, -0.2) is 16.7 Å². The summed E-state index contributed by atoms with van der Waals surface area (Å²) in [7, 11) is 0. The predicted molar refractivity (Wildman–Crippen MR) is 84.7 cm³/mol. The molecule has 1 heterocycles. The summed E-state index contributed by atoms with van der Waals surface area (Å²) in [6, 6.07) is 8.00. The number of carbonyl (C=O) groups is 2. The SMILES string of the molecule is CCC1CC2C(=O)N(Cc3ccc(I)cc3)C(=O)C2C1. The molecule has 0 N–H and O–H groups in total. The van der Waals surface area contributed by atoms with Crippen molar-refractivity contribution in [1.29, 1.82) is 0 Å². The van der Waals surface area contributed by atoms with Crippen molar-refractivity contribution in [2.75, 3.05) is 0 Å². The Bertz CT molecular complexity index is 516. The molecule has 1 aromatic carbocycles. The van der Waals surface area contributed by atoms with Crippen LogP contribution in [0.1, 0.15) is 31.7 Å². The number of hydrogen-bond acceptors (Lipinski definition) is 2. The van der Waals surface area contributed by atoms with Crippen molar-refractivity contribution >= 4 is 34.4 Å². The number of carbonyl (C=O) groups excluding carboxylic acids is 2. The number of amides is 2. The lowest BCUT2D eigenvalue weighted by Gasteiger charge is -2.17. The summed E-state index contributed by atoms with van der Waals surface area (Å²) in [4.78, 5) is 26.3. The Labute approximate surface area is 132 Å². The van der Waals surface area contributed by atoms with Gasteiger partial charge in [0.05, 0.1) is 18.4 Å². The fraction of sp³-hybridized carbons (Fsp3) is 0.500. The Hall–Kier alpha value is -0.910. The van der Waals surface area contributed by atoms with Gasteiger partial charge in [-0.15, -0.1) is 0 Å². The van der Waals surface area contributed by atoms with Crippen LogP contribution in [0.3, 0.4) is 0 Å². The average Bonchev–Trinajstić information content (AvgIpc) is 2.97. The van der Waals surface area contributed by atoms with E-state index in [4.69, 9.17) is 0 Å². The van der Waals surface area contributed by atoms with Crippen molar-refractivity contribution in [2.24, 2.45) is 17.8 Å². The summed E-state index contributed by atoms with van der Waals surface area (Å²) in [5.74, 6) is 0.565. The van der Waals surface area contributed by atoms with Crippen LogP contribution in [0.15, 0.2) is 24.3 Å². The molecule has 0 spiro atoms. The van der Waals surface area contributed by atoms with E-state index in [-0.39, 0.29) is 23.7 Å². The Morgan fingerprint density at radius 3 is 2.15 bits per heavy atom. The highest BCUT2D eigenvalue weighted by molar-refractivity contribution is 14.1. The monoisotopic (exact) mass is 383 g/mol. The third-order valence-electron chi connectivity index (χ3n) is 4.66. The van der Waals surface area contributed by atoms with E-state index < -0.39 is 0 Å². The van der Waals surface area contributed by atoms with Crippen LogP contribution in [0, 0.1) is 21.3 Å². The topological polar surface area (TPSA) is 37.4 Å². The van der Waals surface area contributed by atoms with Gasteiger partial charge in [-0.2, -0.15) is 0 Å². The van der Waals surface area contributed by atoms with Gasteiger partial charge in [-0.25, -0.2) is 0 Å². The van der Waals surface area contributed by atoms with E-state index >= 15 is 0 Å². The standard InChI is InChI=1S/C16H18INO2/c1-2-10-7-13-14(8-10)16(20)18(15(13)19)9-11-3-5-12(17)6-4-11/h3-6,10,13-14H,2,7-9H2,1H3. The van der Waals surface area contributed by atoms with Gasteiger partial charge in [0, 0.05) is 3.57 Å². The van der Waals surface area contributed by atoms with Crippen LogP contribution >= 0.6 is 22.6 Å². The van der Waals surface area contributed by atoms with Crippen LogP contribution in [0.4, 0.5) is 0 Å². The number of halogens is 1. The zero-order chi connectivity index (χ0) is 14.3. The van der Waals surface area contributed by atoms with Crippen LogP contribution in [0.2, 0.25) is 0 Å². The molecule has 1 saturated heterocycles. The molecule has 2 fully saturated rings. The molecule has 2 atom stereocenters. The maximum absolute atomic E-state index is 12.4.